The van der Waals surface area contributed by atoms with Crippen molar-refractivity contribution in [1.82, 2.24) is 19.7 Å². The third-order valence-electron chi connectivity index (χ3n) is 2.88. The van der Waals surface area contributed by atoms with E-state index in [1.165, 1.54) is 6.07 Å². The molecule has 7 heteroatoms. The normalized spacial score (nSPS) is 19.5. The van der Waals surface area contributed by atoms with E-state index in [4.69, 9.17) is 4.74 Å². The van der Waals surface area contributed by atoms with Gasteiger partial charge in [-0.15, -0.1) is 0 Å². The molecular weight excluding hydrogens is 264 g/mol. The molecule has 0 aromatic carbocycles. The van der Waals surface area contributed by atoms with Gasteiger partial charge in [0.1, 0.15) is 11.9 Å². The number of rotatable bonds is 2. The number of aromatic amines is 1. The van der Waals surface area contributed by atoms with Gasteiger partial charge < -0.3 is 9.72 Å². The molecule has 0 bridgehead atoms. The molecule has 100 valence electrons. The van der Waals surface area contributed by atoms with E-state index in [0.29, 0.717) is 18.1 Å². The van der Waals surface area contributed by atoms with Crippen LogP contribution < -0.4 is 5.56 Å². The summed E-state index contributed by atoms with van der Waals surface area (Å²) in [5.41, 5.74) is 1.30. The van der Waals surface area contributed by atoms with Crippen molar-refractivity contribution in [2.45, 2.75) is 6.10 Å². The molecule has 3 heterocycles. The molecule has 0 amide bonds. The van der Waals surface area contributed by atoms with Crippen LogP contribution in [-0.4, -0.2) is 37.9 Å². The highest BCUT2D eigenvalue weighted by Gasteiger charge is 2.19. The van der Waals surface area contributed by atoms with E-state index in [0.717, 1.165) is 17.1 Å². The van der Waals surface area contributed by atoms with Crippen LogP contribution >= 0.6 is 11.8 Å². The van der Waals surface area contributed by atoms with Crippen LogP contribution in [0.25, 0.3) is 11.3 Å². The number of ether oxygens (including phenoxy) is 1. The molecule has 6 nitrogen and oxygen atoms in total. The molecule has 2 aromatic rings. The zero-order valence-electron chi connectivity index (χ0n) is 10.5. The van der Waals surface area contributed by atoms with Crippen LogP contribution in [0.4, 0.5) is 0 Å². The fourth-order valence-corrected chi connectivity index (χ4v) is 2.82. The maximum absolute atomic E-state index is 11.7. The zero-order valence-corrected chi connectivity index (χ0v) is 11.3. The van der Waals surface area contributed by atoms with Gasteiger partial charge in [-0.3, -0.25) is 9.48 Å². The van der Waals surface area contributed by atoms with Gasteiger partial charge in [0.2, 0.25) is 0 Å². The van der Waals surface area contributed by atoms with Crippen LogP contribution in [0.15, 0.2) is 23.3 Å². The van der Waals surface area contributed by atoms with Crippen LogP contribution in [0.5, 0.6) is 0 Å². The summed E-state index contributed by atoms with van der Waals surface area (Å²) in [5.74, 6) is 2.40. The minimum Gasteiger partial charge on any atom is -0.369 e. The van der Waals surface area contributed by atoms with E-state index in [-0.39, 0.29) is 11.7 Å². The monoisotopic (exact) mass is 278 g/mol. The zero-order chi connectivity index (χ0) is 13.2. The van der Waals surface area contributed by atoms with E-state index in [9.17, 15) is 4.79 Å². The summed E-state index contributed by atoms with van der Waals surface area (Å²) in [6.07, 6.45) is 3.40. The molecule has 1 aliphatic heterocycles. The average molecular weight is 278 g/mol. The van der Waals surface area contributed by atoms with Gasteiger partial charge in [-0.2, -0.15) is 16.9 Å². The highest BCUT2D eigenvalue weighted by Crippen LogP contribution is 2.24. The third-order valence-corrected chi connectivity index (χ3v) is 3.88. The second-order valence-corrected chi connectivity index (χ2v) is 5.50. The Kier molecular flexibility index (Phi) is 3.39. The molecule has 0 aliphatic carbocycles. The highest BCUT2D eigenvalue weighted by atomic mass is 32.2. The largest absolute Gasteiger partial charge is 0.369 e. The smallest absolute Gasteiger partial charge is 0.251 e. The minimum absolute atomic E-state index is 0.136. The molecule has 2 aromatic heterocycles. The first-order chi connectivity index (χ1) is 9.22. The maximum atomic E-state index is 11.7. The molecule has 1 fully saturated rings. The van der Waals surface area contributed by atoms with Crippen LogP contribution in [0.2, 0.25) is 0 Å². The SMILES string of the molecule is Cn1cc(-c2cc(=O)[nH]c(C3CSCCO3)n2)cn1. The molecule has 19 heavy (non-hydrogen) atoms. The van der Waals surface area contributed by atoms with E-state index in [2.05, 4.69) is 15.1 Å². The second-order valence-electron chi connectivity index (χ2n) is 4.35. The molecule has 0 saturated carbocycles. The van der Waals surface area contributed by atoms with Crippen molar-refractivity contribution in [3.8, 4) is 11.3 Å². The van der Waals surface area contributed by atoms with E-state index >= 15 is 0 Å². The van der Waals surface area contributed by atoms with Crippen LogP contribution in [0.1, 0.15) is 11.9 Å². The molecule has 1 saturated heterocycles. The van der Waals surface area contributed by atoms with Crippen LogP contribution in [0, 0.1) is 0 Å². The number of H-pyrrole nitrogens is 1. The van der Waals surface area contributed by atoms with Crippen molar-refractivity contribution < 1.29 is 4.74 Å². The predicted octanol–water partition coefficient (Wildman–Crippen LogP) is 0.975. The minimum atomic E-state index is -0.164. The Morgan fingerprint density at radius 2 is 2.47 bits per heavy atom. The first-order valence-electron chi connectivity index (χ1n) is 6.02. The summed E-state index contributed by atoms with van der Waals surface area (Å²) in [4.78, 5) is 19.0. The molecule has 0 spiro atoms. The quantitative estimate of drug-likeness (QED) is 0.886. The first-order valence-corrected chi connectivity index (χ1v) is 7.17. The van der Waals surface area contributed by atoms with Crippen molar-refractivity contribution in [2.24, 2.45) is 7.05 Å². The number of nitrogens with zero attached hydrogens (tertiary/aromatic N) is 3. The Balaban J connectivity index is 1.98. The average Bonchev–Trinajstić information content (AvgIpc) is 2.86. The number of hydrogen-bond acceptors (Lipinski definition) is 5. The van der Waals surface area contributed by atoms with Crippen LogP contribution in [-0.2, 0) is 11.8 Å². The lowest BCUT2D eigenvalue weighted by molar-refractivity contribution is 0.0693. The summed E-state index contributed by atoms with van der Waals surface area (Å²) in [6, 6.07) is 1.48. The fourth-order valence-electron chi connectivity index (χ4n) is 1.98. The topological polar surface area (TPSA) is 72.8 Å². The van der Waals surface area contributed by atoms with Crippen LogP contribution in [0.3, 0.4) is 0 Å². The Hall–Kier alpha value is -1.60. The van der Waals surface area contributed by atoms with Gasteiger partial charge in [0, 0.05) is 36.4 Å². The summed E-state index contributed by atoms with van der Waals surface area (Å²) in [7, 11) is 1.83. The lowest BCUT2D eigenvalue weighted by Crippen LogP contribution is -2.21. The molecule has 1 unspecified atom stereocenters. The van der Waals surface area contributed by atoms with E-state index in [1.54, 1.807) is 22.6 Å². The predicted molar refractivity (Wildman–Crippen MR) is 73.1 cm³/mol. The highest BCUT2D eigenvalue weighted by molar-refractivity contribution is 7.99. The standard InChI is InChI=1S/C12H14N4O2S/c1-16-6-8(5-13-16)9-4-11(17)15-12(14-9)10-7-19-3-2-18-10/h4-6,10H,2-3,7H2,1H3,(H,14,15,17). The Labute approximate surface area is 114 Å². The lowest BCUT2D eigenvalue weighted by Gasteiger charge is -2.21. The fraction of sp³-hybridized carbons (Fsp3) is 0.417. The van der Waals surface area contributed by atoms with Crippen molar-refractivity contribution >= 4 is 11.8 Å². The van der Waals surface area contributed by atoms with Gasteiger partial charge in [-0.05, 0) is 0 Å². The maximum Gasteiger partial charge on any atom is 0.251 e. The number of aromatic nitrogens is 4. The van der Waals surface area contributed by atoms with Crippen molar-refractivity contribution in [1.29, 1.82) is 0 Å². The Bertz CT molecular complexity index is 631. The molecule has 0 radical (unpaired) electrons. The van der Waals surface area contributed by atoms with Gasteiger partial charge in [0.25, 0.3) is 5.56 Å². The van der Waals surface area contributed by atoms with Gasteiger partial charge in [-0.25, -0.2) is 4.98 Å². The van der Waals surface area contributed by atoms with Crippen molar-refractivity contribution in [3.63, 3.8) is 0 Å². The van der Waals surface area contributed by atoms with E-state index in [1.807, 2.05) is 13.2 Å². The second kappa shape index (κ2) is 5.18. The first kappa shape index (κ1) is 12.4. The summed E-state index contributed by atoms with van der Waals surface area (Å²) >= 11 is 1.81. The van der Waals surface area contributed by atoms with Gasteiger partial charge in [-0.1, -0.05) is 0 Å². The van der Waals surface area contributed by atoms with E-state index < -0.39 is 0 Å². The molecule has 1 aliphatic rings. The molecule has 1 atom stereocenters. The molecule has 1 N–H and O–H groups in total. The summed E-state index contributed by atoms with van der Waals surface area (Å²) in [6.45, 7) is 0.691. The number of aryl methyl sites for hydroxylation is 1. The van der Waals surface area contributed by atoms with Crippen molar-refractivity contribution in [2.75, 3.05) is 18.1 Å². The summed E-state index contributed by atoms with van der Waals surface area (Å²) in [5, 5.41) is 4.09. The summed E-state index contributed by atoms with van der Waals surface area (Å²) < 4.78 is 7.33. The Morgan fingerprint density at radius 1 is 1.58 bits per heavy atom. The van der Waals surface area contributed by atoms with Gasteiger partial charge >= 0.3 is 0 Å². The van der Waals surface area contributed by atoms with Gasteiger partial charge in [0.05, 0.1) is 18.5 Å². The number of thioether (sulfide) groups is 1. The third kappa shape index (κ3) is 2.71. The molecule has 3 rings (SSSR count). The lowest BCUT2D eigenvalue weighted by atomic mass is 10.2. The van der Waals surface area contributed by atoms with Crippen molar-refractivity contribution in [3.05, 3.63) is 34.6 Å². The number of hydrogen-bond donors (Lipinski definition) is 1. The molecular formula is C12H14N4O2S. The Morgan fingerprint density at radius 3 is 3.16 bits per heavy atom. The van der Waals surface area contributed by atoms with Gasteiger partial charge in [0.15, 0.2) is 0 Å². The number of nitrogens with one attached hydrogen (secondary N) is 1.